The third-order valence-corrected chi connectivity index (χ3v) is 3.65. The zero-order chi connectivity index (χ0) is 13.2. The molecule has 0 spiro atoms. The van der Waals surface area contributed by atoms with Gasteiger partial charge in [-0.25, -0.2) is 0 Å². The Kier molecular flexibility index (Phi) is 3.29. The minimum Gasteiger partial charge on any atom is -0.485 e. The first-order chi connectivity index (χ1) is 9.29. The van der Waals surface area contributed by atoms with E-state index in [0.717, 1.165) is 12.8 Å². The number of likely N-dealkylation sites (tertiary alicyclic amines) is 1. The molecule has 0 aliphatic carbocycles. The van der Waals surface area contributed by atoms with Crippen LogP contribution in [0.3, 0.4) is 0 Å². The summed E-state index contributed by atoms with van der Waals surface area (Å²) in [5.74, 6) is 1.18. The molecule has 0 bridgehead atoms. The van der Waals surface area contributed by atoms with E-state index in [1.54, 1.807) is 11.0 Å². The monoisotopic (exact) mass is 263 g/mol. The quantitative estimate of drug-likeness (QED) is 0.858. The molecule has 19 heavy (non-hydrogen) atoms. The van der Waals surface area contributed by atoms with Gasteiger partial charge in [-0.2, -0.15) is 0 Å². The van der Waals surface area contributed by atoms with Crippen LogP contribution in [0.15, 0.2) is 24.3 Å². The fourth-order valence-corrected chi connectivity index (χ4v) is 2.64. The molecule has 2 aliphatic heterocycles. The van der Waals surface area contributed by atoms with Crippen LogP contribution < -0.4 is 9.47 Å². The van der Waals surface area contributed by atoms with E-state index in [-0.39, 0.29) is 25.2 Å². The lowest BCUT2D eigenvalue weighted by molar-refractivity contribution is -0.142. The largest absolute Gasteiger partial charge is 0.485 e. The predicted molar refractivity (Wildman–Crippen MR) is 68.2 cm³/mol. The highest BCUT2D eigenvalue weighted by Gasteiger charge is 2.36. The average molecular weight is 263 g/mol. The summed E-state index contributed by atoms with van der Waals surface area (Å²) >= 11 is 0. The summed E-state index contributed by atoms with van der Waals surface area (Å²) in [7, 11) is 0. The number of para-hydroxylation sites is 2. The fourth-order valence-electron chi connectivity index (χ4n) is 2.64. The minimum absolute atomic E-state index is 0.00983. The van der Waals surface area contributed by atoms with Gasteiger partial charge in [-0.3, -0.25) is 4.79 Å². The summed E-state index contributed by atoms with van der Waals surface area (Å²) < 4.78 is 11.3. The number of nitrogens with zero attached hydrogens (tertiary/aromatic N) is 1. The number of ether oxygens (including phenoxy) is 2. The van der Waals surface area contributed by atoms with Crippen molar-refractivity contribution in [1.82, 2.24) is 4.90 Å². The van der Waals surface area contributed by atoms with Crippen molar-refractivity contribution in [3.63, 3.8) is 0 Å². The Balaban J connectivity index is 1.72. The molecule has 1 saturated heterocycles. The van der Waals surface area contributed by atoms with Crippen LogP contribution in [0, 0.1) is 0 Å². The molecular weight excluding hydrogens is 246 g/mol. The minimum atomic E-state index is -0.609. The Morgan fingerprint density at radius 3 is 2.95 bits per heavy atom. The molecule has 1 fully saturated rings. The molecule has 2 atom stereocenters. The Morgan fingerprint density at radius 2 is 2.16 bits per heavy atom. The van der Waals surface area contributed by atoms with Crippen molar-refractivity contribution < 1.29 is 19.4 Å². The third kappa shape index (κ3) is 2.26. The molecule has 0 saturated carbocycles. The predicted octanol–water partition coefficient (Wildman–Crippen LogP) is 0.810. The molecule has 2 aliphatic rings. The van der Waals surface area contributed by atoms with Crippen molar-refractivity contribution in [3.05, 3.63) is 24.3 Å². The number of hydrogen-bond acceptors (Lipinski definition) is 4. The summed E-state index contributed by atoms with van der Waals surface area (Å²) in [4.78, 5) is 14.1. The molecule has 0 radical (unpaired) electrons. The maximum absolute atomic E-state index is 12.4. The number of rotatable bonds is 2. The van der Waals surface area contributed by atoms with E-state index >= 15 is 0 Å². The van der Waals surface area contributed by atoms with Crippen LogP contribution in [-0.4, -0.2) is 47.8 Å². The van der Waals surface area contributed by atoms with E-state index < -0.39 is 6.10 Å². The molecule has 1 N–H and O–H groups in total. The molecule has 5 nitrogen and oxygen atoms in total. The molecule has 1 aromatic rings. The first-order valence-corrected chi connectivity index (χ1v) is 6.59. The van der Waals surface area contributed by atoms with Gasteiger partial charge in [0.15, 0.2) is 11.5 Å². The van der Waals surface area contributed by atoms with Crippen LogP contribution >= 0.6 is 0 Å². The Labute approximate surface area is 111 Å². The van der Waals surface area contributed by atoms with Gasteiger partial charge in [-0.05, 0) is 25.0 Å². The van der Waals surface area contributed by atoms with E-state index in [2.05, 4.69) is 0 Å². The summed E-state index contributed by atoms with van der Waals surface area (Å²) in [6.07, 6.45) is 1.18. The molecule has 0 aromatic heterocycles. The summed E-state index contributed by atoms with van der Waals surface area (Å²) in [6, 6.07) is 7.26. The summed E-state index contributed by atoms with van der Waals surface area (Å²) in [6.45, 7) is 0.923. The van der Waals surface area contributed by atoms with Crippen LogP contribution in [0.25, 0.3) is 0 Å². The van der Waals surface area contributed by atoms with Crippen LogP contribution in [0.4, 0.5) is 0 Å². The number of hydrogen-bond donors (Lipinski definition) is 1. The number of aliphatic hydroxyl groups excluding tert-OH is 1. The second-order valence-electron chi connectivity index (χ2n) is 4.87. The van der Waals surface area contributed by atoms with Crippen molar-refractivity contribution in [2.24, 2.45) is 0 Å². The number of carbonyl (C=O) groups excluding carboxylic acids is 1. The maximum Gasteiger partial charge on any atom is 0.267 e. The second-order valence-corrected chi connectivity index (χ2v) is 4.87. The lowest BCUT2D eigenvalue weighted by atomic mass is 10.2. The van der Waals surface area contributed by atoms with E-state index in [0.29, 0.717) is 18.0 Å². The van der Waals surface area contributed by atoms with Gasteiger partial charge in [0.1, 0.15) is 6.61 Å². The lowest BCUT2D eigenvalue weighted by Gasteiger charge is -2.31. The van der Waals surface area contributed by atoms with Gasteiger partial charge in [0.2, 0.25) is 6.10 Å². The molecule has 102 valence electrons. The molecule has 2 heterocycles. The van der Waals surface area contributed by atoms with Gasteiger partial charge in [-0.1, -0.05) is 12.1 Å². The molecular formula is C14H17NO4. The first-order valence-electron chi connectivity index (χ1n) is 6.59. The van der Waals surface area contributed by atoms with E-state index in [9.17, 15) is 9.90 Å². The van der Waals surface area contributed by atoms with Gasteiger partial charge in [0.05, 0.1) is 12.6 Å². The molecule has 1 amide bonds. The molecule has 1 aromatic carbocycles. The lowest BCUT2D eigenvalue weighted by Crippen LogP contribution is -2.49. The molecule has 0 unspecified atom stereocenters. The Morgan fingerprint density at radius 1 is 1.37 bits per heavy atom. The number of amides is 1. The number of carbonyl (C=O) groups is 1. The number of fused-ring (bicyclic) bond motifs is 1. The zero-order valence-corrected chi connectivity index (χ0v) is 10.6. The van der Waals surface area contributed by atoms with Gasteiger partial charge >= 0.3 is 0 Å². The topological polar surface area (TPSA) is 59.0 Å². The van der Waals surface area contributed by atoms with Crippen LogP contribution in [0.5, 0.6) is 11.5 Å². The zero-order valence-electron chi connectivity index (χ0n) is 10.6. The highest BCUT2D eigenvalue weighted by molar-refractivity contribution is 5.82. The van der Waals surface area contributed by atoms with Crippen molar-refractivity contribution in [2.75, 3.05) is 19.8 Å². The van der Waals surface area contributed by atoms with Crippen LogP contribution in [0.2, 0.25) is 0 Å². The van der Waals surface area contributed by atoms with E-state index in [4.69, 9.17) is 9.47 Å². The molecule has 5 heteroatoms. The number of benzene rings is 1. The van der Waals surface area contributed by atoms with Gasteiger partial charge in [0, 0.05) is 6.54 Å². The Hall–Kier alpha value is -1.75. The smallest absolute Gasteiger partial charge is 0.267 e. The number of aliphatic hydroxyl groups is 1. The van der Waals surface area contributed by atoms with Crippen molar-refractivity contribution in [1.29, 1.82) is 0 Å². The fraction of sp³-hybridized carbons (Fsp3) is 0.500. The van der Waals surface area contributed by atoms with Crippen LogP contribution in [-0.2, 0) is 4.79 Å². The van der Waals surface area contributed by atoms with Gasteiger partial charge in [0.25, 0.3) is 5.91 Å². The third-order valence-electron chi connectivity index (χ3n) is 3.65. The van der Waals surface area contributed by atoms with Crippen molar-refractivity contribution in [2.45, 2.75) is 25.0 Å². The molecule has 3 rings (SSSR count). The van der Waals surface area contributed by atoms with Gasteiger partial charge < -0.3 is 19.5 Å². The van der Waals surface area contributed by atoms with E-state index in [1.807, 2.05) is 18.2 Å². The highest BCUT2D eigenvalue weighted by atomic mass is 16.6. The summed E-state index contributed by atoms with van der Waals surface area (Å²) in [5.41, 5.74) is 0. The standard InChI is InChI=1S/C14H17NO4/c16-8-10-4-3-7-15(10)14(17)13-9-18-11-5-1-2-6-12(11)19-13/h1-2,5-6,10,13,16H,3-4,7-9H2/t10-,13-/m0/s1. The van der Waals surface area contributed by atoms with Crippen LogP contribution in [0.1, 0.15) is 12.8 Å². The average Bonchev–Trinajstić information content (AvgIpc) is 2.94. The van der Waals surface area contributed by atoms with Gasteiger partial charge in [-0.15, -0.1) is 0 Å². The normalized spacial score (nSPS) is 25.4. The first kappa shape index (κ1) is 12.3. The van der Waals surface area contributed by atoms with Crippen molar-refractivity contribution >= 4 is 5.91 Å². The summed E-state index contributed by atoms with van der Waals surface area (Å²) in [5, 5.41) is 9.28. The second kappa shape index (κ2) is 5.09. The Bertz CT molecular complexity index is 476. The highest BCUT2D eigenvalue weighted by Crippen LogP contribution is 2.32. The van der Waals surface area contributed by atoms with Crippen molar-refractivity contribution in [3.8, 4) is 11.5 Å². The maximum atomic E-state index is 12.4. The SMILES string of the molecule is O=C([C@@H]1COc2ccccc2O1)N1CCC[C@H]1CO. The van der Waals surface area contributed by atoms with E-state index in [1.165, 1.54) is 0 Å².